The highest BCUT2D eigenvalue weighted by Crippen LogP contribution is 2.31. The average Bonchev–Trinajstić information content (AvgIpc) is 2.98. The molecule has 2 aromatic carbocycles. The van der Waals surface area contributed by atoms with E-state index in [2.05, 4.69) is 62.7 Å². The summed E-state index contributed by atoms with van der Waals surface area (Å²) in [6, 6.07) is 24.5. The fourth-order valence-corrected chi connectivity index (χ4v) is 5.32. The Hall–Kier alpha value is -4.17. The number of anilines is 4. The summed E-state index contributed by atoms with van der Waals surface area (Å²) in [4.78, 5) is 27.0. The van der Waals surface area contributed by atoms with Crippen molar-refractivity contribution in [3.63, 3.8) is 0 Å². The Labute approximate surface area is 223 Å². The van der Waals surface area contributed by atoms with Gasteiger partial charge in [-0.3, -0.25) is 9.36 Å². The average molecular weight is 508 g/mol. The zero-order valence-electron chi connectivity index (χ0n) is 21.7. The second kappa shape index (κ2) is 10.7. The van der Waals surface area contributed by atoms with E-state index in [1.165, 1.54) is 11.3 Å². The van der Waals surface area contributed by atoms with Crippen LogP contribution in [0, 0.1) is 0 Å². The predicted molar refractivity (Wildman–Crippen MR) is 153 cm³/mol. The maximum Gasteiger partial charge on any atom is 0.252 e. The molecule has 1 atom stereocenters. The van der Waals surface area contributed by atoms with Gasteiger partial charge in [-0.15, -0.1) is 0 Å². The van der Waals surface area contributed by atoms with Crippen LogP contribution in [0.3, 0.4) is 0 Å². The molecular weight excluding hydrogens is 474 g/mol. The van der Waals surface area contributed by atoms with Crippen LogP contribution in [0.1, 0.15) is 24.9 Å². The third kappa shape index (κ3) is 4.99. The maximum absolute atomic E-state index is 13.0. The molecule has 38 heavy (non-hydrogen) atoms. The highest BCUT2D eigenvalue weighted by molar-refractivity contribution is 5.69. The molecule has 0 radical (unpaired) electrons. The van der Waals surface area contributed by atoms with Gasteiger partial charge in [-0.1, -0.05) is 42.5 Å². The highest BCUT2D eigenvalue weighted by atomic mass is 16.1. The number of hydrogen-bond donors (Lipinski definition) is 2. The van der Waals surface area contributed by atoms with Crippen molar-refractivity contribution in [3.05, 3.63) is 94.9 Å². The van der Waals surface area contributed by atoms with Crippen molar-refractivity contribution in [2.75, 3.05) is 47.8 Å². The first-order valence-electron chi connectivity index (χ1n) is 13.4. The topological polar surface area (TPSA) is 78.3 Å². The van der Waals surface area contributed by atoms with Crippen molar-refractivity contribution >= 4 is 23.3 Å². The molecule has 0 aliphatic carbocycles. The molecule has 2 aliphatic heterocycles. The third-order valence-electron chi connectivity index (χ3n) is 7.37. The van der Waals surface area contributed by atoms with Gasteiger partial charge in [-0.05, 0) is 54.3 Å². The number of pyridine rings is 1. The van der Waals surface area contributed by atoms with E-state index in [9.17, 15) is 4.79 Å². The Morgan fingerprint density at radius 1 is 0.895 bits per heavy atom. The first-order valence-corrected chi connectivity index (χ1v) is 13.4. The molecule has 0 spiro atoms. The number of hydrogen-bond acceptors (Lipinski definition) is 7. The number of rotatable bonds is 6. The molecule has 2 aromatic heterocycles. The number of benzene rings is 2. The van der Waals surface area contributed by atoms with Crippen LogP contribution >= 0.6 is 0 Å². The van der Waals surface area contributed by atoms with Gasteiger partial charge < -0.3 is 20.4 Å². The SMILES string of the molecule is C[C@H](Nc1nccc(N2CCCn3c2cc(-c2ccccc2)cc3=O)n1)c1cccc(N2CCNCC2)c1. The first-order chi connectivity index (χ1) is 18.7. The molecule has 0 amide bonds. The molecule has 0 unspecified atom stereocenters. The fraction of sp³-hybridized carbons (Fsp3) is 0.300. The number of nitrogens with zero attached hydrogens (tertiary/aromatic N) is 5. The van der Waals surface area contributed by atoms with E-state index < -0.39 is 0 Å². The van der Waals surface area contributed by atoms with Crippen molar-refractivity contribution in [1.29, 1.82) is 0 Å². The molecule has 194 valence electrons. The second-order valence-corrected chi connectivity index (χ2v) is 9.90. The van der Waals surface area contributed by atoms with E-state index in [1.807, 2.05) is 41.0 Å². The number of fused-ring (bicyclic) bond motifs is 1. The molecule has 4 aromatic rings. The van der Waals surface area contributed by atoms with Gasteiger partial charge in [0.2, 0.25) is 5.95 Å². The maximum atomic E-state index is 13.0. The number of nitrogens with one attached hydrogen (secondary N) is 2. The van der Waals surface area contributed by atoms with E-state index >= 15 is 0 Å². The van der Waals surface area contributed by atoms with E-state index in [0.29, 0.717) is 12.5 Å². The summed E-state index contributed by atoms with van der Waals surface area (Å²) < 4.78 is 1.84. The zero-order valence-corrected chi connectivity index (χ0v) is 21.7. The van der Waals surface area contributed by atoms with Crippen LogP contribution in [0.15, 0.2) is 83.8 Å². The Kier molecular flexibility index (Phi) is 6.79. The van der Waals surface area contributed by atoms with E-state index in [-0.39, 0.29) is 11.6 Å². The molecule has 2 N–H and O–H groups in total. The number of aromatic nitrogens is 3. The molecule has 1 saturated heterocycles. The quantitative estimate of drug-likeness (QED) is 0.400. The van der Waals surface area contributed by atoms with Crippen molar-refractivity contribution < 1.29 is 0 Å². The van der Waals surface area contributed by atoms with Crippen molar-refractivity contribution in [2.45, 2.75) is 25.9 Å². The van der Waals surface area contributed by atoms with Crippen LogP contribution in [0.4, 0.5) is 23.3 Å². The molecular formula is C30H33N7O. The summed E-state index contributed by atoms with van der Waals surface area (Å²) in [7, 11) is 0. The molecule has 8 nitrogen and oxygen atoms in total. The van der Waals surface area contributed by atoms with E-state index in [0.717, 1.165) is 61.9 Å². The van der Waals surface area contributed by atoms with Crippen LogP contribution in [0.5, 0.6) is 0 Å². The van der Waals surface area contributed by atoms with E-state index in [1.54, 1.807) is 12.3 Å². The van der Waals surface area contributed by atoms with Gasteiger partial charge in [0.05, 0.1) is 6.04 Å². The molecule has 0 bridgehead atoms. The second-order valence-electron chi connectivity index (χ2n) is 9.90. The summed E-state index contributed by atoms with van der Waals surface area (Å²) in [5, 5.41) is 6.91. The zero-order chi connectivity index (χ0) is 25.9. The lowest BCUT2D eigenvalue weighted by atomic mass is 10.1. The minimum absolute atomic E-state index is 0.0106. The molecule has 1 fully saturated rings. The Morgan fingerprint density at radius 3 is 2.58 bits per heavy atom. The fourth-order valence-electron chi connectivity index (χ4n) is 5.32. The van der Waals surface area contributed by atoms with Crippen LogP contribution in [0.2, 0.25) is 0 Å². The van der Waals surface area contributed by atoms with Gasteiger partial charge in [0.1, 0.15) is 11.6 Å². The molecule has 6 rings (SSSR count). The first kappa shape index (κ1) is 24.2. The van der Waals surface area contributed by atoms with Crippen LogP contribution in [-0.4, -0.2) is 47.3 Å². The van der Waals surface area contributed by atoms with Crippen LogP contribution in [-0.2, 0) is 6.54 Å². The summed E-state index contributed by atoms with van der Waals surface area (Å²) >= 11 is 0. The minimum Gasteiger partial charge on any atom is -0.369 e. The molecule has 4 heterocycles. The standard InChI is InChI=1S/C30H33N7O/c1-22(24-9-5-10-26(19-24)35-17-13-31-14-18-35)33-30-32-12-11-27(34-30)36-15-6-16-37-28(36)20-25(21-29(37)38)23-7-3-2-4-8-23/h2-5,7-12,19-22,31H,6,13-18H2,1H3,(H,32,33,34)/t22-/m0/s1. The Balaban J connectivity index is 1.26. The molecule has 2 aliphatic rings. The normalized spacial score (nSPS) is 16.1. The summed E-state index contributed by atoms with van der Waals surface area (Å²) in [6.45, 7) is 7.68. The van der Waals surface area contributed by atoms with Crippen molar-refractivity contribution in [2.24, 2.45) is 0 Å². The summed E-state index contributed by atoms with van der Waals surface area (Å²) in [5.41, 5.74) is 4.39. The predicted octanol–water partition coefficient (Wildman–Crippen LogP) is 4.43. The van der Waals surface area contributed by atoms with Crippen molar-refractivity contribution in [1.82, 2.24) is 19.9 Å². The summed E-state index contributed by atoms with van der Waals surface area (Å²) in [6.07, 6.45) is 2.66. The summed E-state index contributed by atoms with van der Waals surface area (Å²) in [5.74, 6) is 2.22. The van der Waals surface area contributed by atoms with E-state index in [4.69, 9.17) is 4.98 Å². The Bertz CT molecular complexity index is 1460. The van der Waals surface area contributed by atoms with Gasteiger partial charge in [-0.25, -0.2) is 4.98 Å². The minimum atomic E-state index is 0.0106. The molecule has 0 saturated carbocycles. The van der Waals surface area contributed by atoms with Gasteiger partial charge in [0, 0.05) is 57.2 Å². The lowest BCUT2D eigenvalue weighted by molar-refractivity contribution is 0.574. The van der Waals surface area contributed by atoms with Gasteiger partial charge in [-0.2, -0.15) is 4.98 Å². The smallest absolute Gasteiger partial charge is 0.252 e. The van der Waals surface area contributed by atoms with Gasteiger partial charge in [0.25, 0.3) is 5.56 Å². The lowest BCUT2D eigenvalue weighted by Crippen LogP contribution is -2.43. The number of piperazine rings is 1. The van der Waals surface area contributed by atoms with Crippen LogP contribution < -0.4 is 26.0 Å². The molecule has 8 heteroatoms. The van der Waals surface area contributed by atoms with Crippen molar-refractivity contribution in [3.8, 4) is 11.1 Å². The Morgan fingerprint density at radius 2 is 1.74 bits per heavy atom. The van der Waals surface area contributed by atoms with Gasteiger partial charge in [0.15, 0.2) is 0 Å². The third-order valence-corrected chi connectivity index (χ3v) is 7.37. The van der Waals surface area contributed by atoms with Crippen LogP contribution in [0.25, 0.3) is 11.1 Å². The van der Waals surface area contributed by atoms with Gasteiger partial charge >= 0.3 is 0 Å². The largest absolute Gasteiger partial charge is 0.369 e. The lowest BCUT2D eigenvalue weighted by Gasteiger charge is -2.32. The highest BCUT2D eigenvalue weighted by Gasteiger charge is 2.22. The monoisotopic (exact) mass is 507 g/mol.